The highest BCUT2D eigenvalue weighted by Crippen LogP contribution is 2.23. The minimum atomic E-state index is -0.0393. The maximum absolute atomic E-state index is 11.9. The number of amides is 1. The lowest BCUT2D eigenvalue weighted by Gasteiger charge is -2.10. The Bertz CT molecular complexity index is 595. The predicted octanol–water partition coefficient (Wildman–Crippen LogP) is 4.26. The first kappa shape index (κ1) is 15.1. The molecule has 0 aliphatic heterocycles. The third-order valence-corrected chi connectivity index (χ3v) is 4.26. The quantitative estimate of drug-likeness (QED) is 0.843. The van der Waals surface area contributed by atoms with Gasteiger partial charge in [-0.25, -0.2) is 0 Å². The van der Waals surface area contributed by atoms with Gasteiger partial charge in [0.25, 0.3) is 5.91 Å². The third kappa shape index (κ3) is 4.35. The van der Waals surface area contributed by atoms with E-state index in [1.54, 1.807) is 11.3 Å². The Balaban J connectivity index is 2.00. The Morgan fingerprint density at radius 1 is 1.30 bits per heavy atom. The van der Waals surface area contributed by atoms with Crippen LogP contribution in [0.5, 0.6) is 0 Å². The van der Waals surface area contributed by atoms with E-state index in [0.29, 0.717) is 5.56 Å². The molecule has 1 aromatic carbocycles. The van der Waals surface area contributed by atoms with E-state index in [0.717, 1.165) is 16.0 Å². The summed E-state index contributed by atoms with van der Waals surface area (Å²) in [5.41, 5.74) is 1.63. The molecule has 1 amide bonds. The van der Waals surface area contributed by atoms with Crippen LogP contribution in [0.15, 0.2) is 40.2 Å². The van der Waals surface area contributed by atoms with Crippen LogP contribution in [0, 0.1) is 0 Å². The summed E-state index contributed by atoms with van der Waals surface area (Å²) >= 11 is 5.15. The smallest absolute Gasteiger partial charge is 0.251 e. The monoisotopic (exact) mass is 352 g/mol. The van der Waals surface area contributed by atoms with Crippen molar-refractivity contribution in [1.29, 1.82) is 0 Å². The van der Waals surface area contributed by atoms with Gasteiger partial charge in [0.2, 0.25) is 0 Å². The highest BCUT2D eigenvalue weighted by Gasteiger charge is 2.07. The molecule has 0 saturated heterocycles. The summed E-state index contributed by atoms with van der Waals surface area (Å²) in [7, 11) is 0. The fourth-order valence-corrected chi connectivity index (χ4v) is 3.17. The largest absolute Gasteiger partial charge is 0.380 e. The molecule has 5 heteroatoms. The molecule has 3 nitrogen and oxygen atoms in total. The molecule has 20 heavy (non-hydrogen) atoms. The molecule has 2 N–H and O–H groups in total. The summed E-state index contributed by atoms with van der Waals surface area (Å²) in [5, 5.41) is 6.22. The molecule has 0 aliphatic rings. The normalized spacial score (nSPS) is 10.6. The molecule has 106 valence electrons. The van der Waals surface area contributed by atoms with Crippen molar-refractivity contribution < 1.29 is 4.79 Å². The number of halogens is 1. The van der Waals surface area contributed by atoms with E-state index in [2.05, 4.69) is 32.6 Å². The lowest BCUT2D eigenvalue weighted by Crippen LogP contribution is -2.30. The van der Waals surface area contributed by atoms with Crippen molar-refractivity contribution in [2.24, 2.45) is 0 Å². The lowest BCUT2D eigenvalue weighted by atomic mass is 10.1. The molecule has 0 unspecified atom stereocenters. The predicted molar refractivity (Wildman–Crippen MR) is 88.4 cm³/mol. The molecule has 0 radical (unpaired) electrons. The van der Waals surface area contributed by atoms with Gasteiger partial charge in [0, 0.05) is 28.7 Å². The van der Waals surface area contributed by atoms with Gasteiger partial charge in [-0.3, -0.25) is 4.79 Å². The van der Waals surface area contributed by atoms with Crippen LogP contribution >= 0.6 is 27.3 Å². The second-order valence-electron chi connectivity index (χ2n) is 4.77. The van der Waals surface area contributed by atoms with Crippen LogP contribution in [0.3, 0.4) is 0 Å². The number of rotatable bonds is 5. The molecule has 0 atom stereocenters. The van der Waals surface area contributed by atoms with E-state index in [9.17, 15) is 4.79 Å². The van der Waals surface area contributed by atoms with Crippen molar-refractivity contribution in [1.82, 2.24) is 5.32 Å². The summed E-state index contributed by atoms with van der Waals surface area (Å²) in [5.74, 6) is -0.0393. The summed E-state index contributed by atoms with van der Waals surface area (Å²) in [4.78, 5) is 13.2. The van der Waals surface area contributed by atoms with Crippen molar-refractivity contribution in [3.05, 3.63) is 50.6 Å². The van der Waals surface area contributed by atoms with Crippen LogP contribution in [-0.4, -0.2) is 11.9 Å². The topological polar surface area (TPSA) is 41.1 Å². The second-order valence-corrected chi connectivity index (χ2v) is 7.32. The van der Waals surface area contributed by atoms with Crippen LogP contribution in [0.2, 0.25) is 0 Å². The van der Waals surface area contributed by atoms with Crippen LogP contribution in [0.4, 0.5) is 5.69 Å². The molecule has 0 fully saturated rings. The standard InChI is InChI=1S/C15H17BrN2OS/c1-10(2)18-15(19)11-4-3-5-12(8-11)17-9-13-6-7-14(16)20-13/h3-8,10,17H,9H2,1-2H3,(H,18,19). The van der Waals surface area contributed by atoms with Gasteiger partial charge in [-0.05, 0) is 60.1 Å². The first-order valence-electron chi connectivity index (χ1n) is 6.43. The molecule has 2 rings (SSSR count). The Labute approximate surface area is 131 Å². The van der Waals surface area contributed by atoms with Crippen molar-refractivity contribution in [3.63, 3.8) is 0 Å². The van der Waals surface area contributed by atoms with Crippen molar-refractivity contribution in [2.75, 3.05) is 5.32 Å². The maximum Gasteiger partial charge on any atom is 0.251 e. The number of carbonyl (C=O) groups excluding carboxylic acids is 1. The highest BCUT2D eigenvalue weighted by molar-refractivity contribution is 9.11. The number of carbonyl (C=O) groups is 1. The second kappa shape index (κ2) is 6.90. The van der Waals surface area contributed by atoms with E-state index in [4.69, 9.17) is 0 Å². The van der Waals surface area contributed by atoms with Gasteiger partial charge in [0.15, 0.2) is 0 Å². The van der Waals surface area contributed by atoms with Crippen molar-refractivity contribution >= 4 is 38.9 Å². The minimum absolute atomic E-state index is 0.0393. The van der Waals surface area contributed by atoms with Gasteiger partial charge in [-0.2, -0.15) is 0 Å². The fraction of sp³-hybridized carbons (Fsp3) is 0.267. The number of hydrogen-bond donors (Lipinski definition) is 2. The van der Waals surface area contributed by atoms with E-state index in [1.165, 1.54) is 4.88 Å². The van der Waals surface area contributed by atoms with Crippen LogP contribution in [0.25, 0.3) is 0 Å². The fourth-order valence-electron chi connectivity index (χ4n) is 1.75. The SMILES string of the molecule is CC(C)NC(=O)c1cccc(NCc2ccc(Br)s2)c1. The van der Waals surface area contributed by atoms with Gasteiger partial charge >= 0.3 is 0 Å². The molecule has 2 aromatic rings. The molecular weight excluding hydrogens is 336 g/mol. The number of hydrogen-bond acceptors (Lipinski definition) is 3. The molecule has 0 bridgehead atoms. The van der Waals surface area contributed by atoms with Crippen LogP contribution in [0.1, 0.15) is 29.1 Å². The Morgan fingerprint density at radius 3 is 2.75 bits per heavy atom. The van der Waals surface area contributed by atoms with E-state index in [1.807, 2.05) is 44.2 Å². The van der Waals surface area contributed by atoms with Gasteiger partial charge < -0.3 is 10.6 Å². The van der Waals surface area contributed by atoms with Crippen LogP contribution < -0.4 is 10.6 Å². The van der Waals surface area contributed by atoms with Gasteiger partial charge in [-0.1, -0.05) is 6.07 Å². The molecular formula is C15H17BrN2OS. The molecule has 1 heterocycles. The first-order valence-corrected chi connectivity index (χ1v) is 8.04. The maximum atomic E-state index is 11.9. The third-order valence-electron chi connectivity index (χ3n) is 2.64. The summed E-state index contributed by atoms with van der Waals surface area (Å²) in [6, 6.07) is 11.8. The van der Waals surface area contributed by atoms with Gasteiger partial charge in [0.1, 0.15) is 0 Å². The molecule has 0 aliphatic carbocycles. The Hall–Kier alpha value is -1.33. The zero-order chi connectivity index (χ0) is 14.5. The summed E-state index contributed by atoms with van der Waals surface area (Å²) in [6.45, 7) is 4.66. The lowest BCUT2D eigenvalue weighted by molar-refractivity contribution is 0.0943. The summed E-state index contributed by atoms with van der Waals surface area (Å²) < 4.78 is 1.12. The number of thiophene rings is 1. The first-order chi connectivity index (χ1) is 9.54. The number of anilines is 1. The number of benzene rings is 1. The Morgan fingerprint density at radius 2 is 2.10 bits per heavy atom. The Kier molecular flexibility index (Phi) is 5.20. The van der Waals surface area contributed by atoms with Gasteiger partial charge in [0.05, 0.1) is 3.79 Å². The summed E-state index contributed by atoms with van der Waals surface area (Å²) in [6.07, 6.45) is 0. The van der Waals surface area contributed by atoms with Crippen LogP contribution in [-0.2, 0) is 6.54 Å². The average molecular weight is 353 g/mol. The van der Waals surface area contributed by atoms with E-state index in [-0.39, 0.29) is 11.9 Å². The van der Waals surface area contributed by atoms with Crippen molar-refractivity contribution in [2.45, 2.75) is 26.4 Å². The zero-order valence-electron chi connectivity index (χ0n) is 11.4. The minimum Gasteiger partial charge on any atom is -0.380 e. The van der Waals surface area contributed by atoms with Crippen molar-refractivity contribution in [3.8, 4) is 0 Å². The average Bonchev–Trinajstić information content (AvgIpc) is 2.82. The van der Waals surface area contributed by atoms with E-state index >= 15 is 0 Å². The van der Waals surface area contributed by atoms with E-state index < -0.39 is 0 Å². The molecule has 1 aromatic heterocycles. The highest BCUT2D eigenvalue weighted by atomic mass is 79.9. The molecule has 0 saturated carbocycles. The molecule has 0 spiro atoms. The zero-order valence-corrected chi connectivity index (χ0v) is 13.8. The van der Waals surface area contributed by atoms with Gasteiger partial charge in [-0.15, -0.1) is 11.3 Å². The number of nitrogens with one attached hydrogen (secondary N) is 2.